The van der Waals surface area contributed by atoms with E-state index in [0.29, 0.717) is 6.42 Å². The summed E-state index contributed by atoms with van der Waals surface area (Å²) >= 11 is 0. The largest absolute Gasteiger partial charge is 0.478 e. The molecular formula is C13H20O5. The first-order valence-corrected chi connectivity index (χ1v) is 6.32. The summed E-state index contributed by atoms with van der Waals surface area (Å²) in [6.07, 6.45) is 2.45. The minimum atomic E-state index is -1.20. The van der Waals surface area contributed by atoms with Gasteiger partial charge >= 0.3 is 11.9 Å². The molecule has 0 aromatic carbocycles. The molecule has 1 aliphatic heterocycles. The van der Waals surface area contributed by atoms with E-state index in [4.69, 9.17) is 9.84 Å². The predicted octanol–water partition coefficient (Wildman–Crippen LogP) is 1.64. The van der Waals surface area contributed by atoms with Crippen LogP contribution < -0.4 is 0 Å². The summed E-state index contributed by atoms with van der Waals surface area (Å²) in [6, 6.07) is 0. The Morgan fingerprint density at radius 1 is 1.39 bits per heavy atom. The summed E-state index contributed by atoms with van der Waals surface area (Å²) < 4.78 is 4.92. The summed E-state index contributed by atoms with van der Waals surface area (Å²) in [5.41, 5.74) is -0.0249. The third-order valence-corrected chi connectivity index (χ3v) is 3.16. The summed E-state index contributed by atoms with van der Waals surface area (Å²) in [5.74, 6) is -1.85. The molecule has 0 aliphatic carbocycles. The standard InChI is InChI=1S/C13H20O5/c1-3-4-5-6-7-9(14)11-10(12(15)16)8(2)13(17)18-11/h9,11,14H,3-7H2,1-2H3,(H,15,16)/t9?,11-/m0/s1. The van der Waals surface area contributed by atoms with Crippen LogP contribution >= 0.6 is 0 Å². The van der Waals surface area contributed by atoms with Gasteiger partial charge in [0.2, 0.25) is 0 Å². The highest BCUT2D eigenvalue weighted by Gasteiger charge is 2.39. The fourth-order valence-electron chi connectivity index (χ4n) is 2.07. The first-order valence-electron chi connectivity index (χ1n) is 6.32. The minimum Gasteiger partial charge on any atom is -0.478 e. The zero-order valence-corrected chi connectivity index (χ0v) is 10.8. The van der Waals surface area contributed by atoms with Crippen LogP contribution in [0.5, 0.6) is 0 Å². The molecule has 0 aromatic heterocycles. The quantitative estimate of drug-likeness (QED) is 0.534. The molecule has 5 nitrogen and oxygen atoms in total. The molecule has 0 radical (unpaired) electrons. The van der Waals surface area contributed by atoms with Crippen LogP contribution in [-0.4, -0.2) is 34.4 Å². The van der Waals surface area contributed by atoms with Crippen molar-refractivity contribution in [3.63, 3.8) is 0 Å². The van der Waals surface area contributed by atoms with Gasteiger partial charge in [-0.3, -0.25) is 0 Å². The molecule has 0 spiro atoms. The van der Waals surface area contributed by atoms with Gasteiger partial charge in [-0.2, -0.15) is 0 Å². The van der Waals surface area contributed by atoms with Crippen molar-refractivity contribution in [1.82, 2.24) is 0 Å². The van der Waals surface area contributed by atoms with Crippen molar-refractivity contribution in [2.75, 3.05) is 0 Å². The van der Waals surface area contributed by atoms with E-state index in [-0.39, 0.29) is 11.1 Å². The lowest BCUT2D eigenvalue weighted by Crippen LogP contribution is -2.31. The van der Waals surface area contributed by atoms with Gasteiger partial charge in [-0.05, 0) is 13.3 Å². The molecule has 0 fully saturated rings. The molecule has 0 aromatic rings. The Kier molecular flexibility index (Phi) is 5.34. The minimum absolute atomic E-state index is 0.0834. The van der Waals surface area contributed by atoms with E-state index in [1.54, 1.807) is 0 Å². The van der Waals surface area contributed by atoms with Crippen LogP contribution in [-0.2, 0) is 14.3 Å². The Balaban J connectivity index is 2.60. The van der Waals surface area contributed by atoms with Crippen LogP contribution in [0.4, 0.5) is 0 Å². The van der Waals surface area contributed by atoms with Crippen LogP contribution in [0.15, 0.2) is 11.1 Å². The lowest BCUT2D eigenvalue weighted by molar-refractivity contribution is -0.145. The molecule has 1 rings (SSSR count). The van der Waals surface area contributed by atoms with Crippen LogP contribution in [0.3, 0.4) is 0 Å². The Morgan fingerprint density at radius 2 is 2.06 bits per heavy atom. The van der Waals surface area contributed by atoms with Gasteiger partial charge in [0.15, 0.2) is 6.10 Å². The predicted molar refractivity (Wildman–Crippen MR) is 65.0 cm³/mol. The van der Waals surface area contributed by atoms with Crippen molar-refractivity contribution in [2.45, 2.75) is 58.2 Å². The second-order valence-corrected chi connectivity index (χ2v) is 4.59. The van der Waals surface area contributed by atoms with E-state index in [9.17, 15) is 14.7 Å². The number of aliphatic carboxylic acids is 1. The van der Waals surface area contributed by atoms with E-state index in [0.717, 1.165) is 25.7 Å². The lowest BCUT2D eigenvalue weighted by atomic mass is 9.98. The summed E-state index contributed by atoms with van der Waals surface area (Å²) in [6.45, 7) is 3.50. The average Bonchev–Trinajstić information content (AvgIpc) is 2.61. The Labute approximate surface area is 106 Å². The van der Waals surface area contributed by atoms with Gasteiger partial charge < -0.3 is 14.9 Å². The maximum atomic E-state index is 11.3. The monoisotopic (exact) mass is 256 g/mol. The maximum Gasteiger partial charge on any atom is 0.335 e. The van der Waals surface area contributed by atoms with Crippen molar-refractivity contribution in [1.29, 1.82) is 0 Å². The molecule has 0 saturated carbocycles. The molecule has 1 unspecified atom stereocenters. The number of esters is 1. The number of hydrogen-bond donors (Lipinski definition) is 2. The van der Waals surface area contributed by atoms with Crippen molar-refractivity contribution in [2.24, 2.45) is 0 Å². The van der Waals surface area contributed by atoms with Gasteiger partial charge in [0.1, 0.15) is 0 Å². The summed E-state index contributed by atoms with van der Waals surface area (Å²) in [5, 5.41) is 19.0. The molecule has 1 heterocycles. The first kappa shape index (κ1) is 14.7. The molecule has 0 amide bonds. The Morgan fingerprint density at radius 3 is 2.61 bits per heavy atom. The number of carboxylic acids is 1. The van der Waals surface area contributed by atoms with Gasteiger partial charge in [-0.25, -0.2) is 9.59 Å². The number of rotatable bonds is 7. The molecular weight excluding hydrogens is 236 g/mol. The number of aliphatic hydroxyl groups is 1. The molecule has 2 atom stereocenters. The number of carbonyl (C=O) groups is 2. The fraction of sp³-hybridized carbons (Fsp3) is 0.692. The van der Waals surface area contributed by atoms with Gasteiger partial charge in [-0.15, -0.1) is 0 Å². The zero-order chi connectivity index (χ0) is 13.7. The van der Waals surface area contributed by atoms with Crippen LogP contribution in [0, 0.1) is 0 Å². The van der Waals surface area contributed by atoms with Gasteiger partial charge in [-0.1, -0.05) is 32.6 Å². The number of carboxylic acid groups (broad SMARTS) is 1. The maximum absolute atomic E-state index is 11.3. The first-order chi connectivity index (χ1) is 8.49. The van der Waals surface area contributed by atoms with E-state index in [1.807, 2.05) is 0 Å². The second kappa shape index (κ2) is 6.54. The Hall–Kier alpha value is -1.36. The second-order valence-electron chi connectivity index (χ2n) is 4.59. The fourth-order valence-corrected chi connectivity index (χ4v) is 2.07. The van der Waals surface area contributed by atoms with Gasteiger partial charge in [0.05, 0.1) is 11.7 Å². The zero-order valence-electron chi connectivity index (χ0n) is 10.8. The average molecular weight is 256 g/mol. The molecule has 102 valence electrons. The number of ether oxygens (including phenoxy) is 1. The van der Waals surface area contributed by atoms with E-state index < -0.39 is 24.1 Å². The van der Waals surface area contributed by atoms with Crippen LogP contribution in [0.2, 0.25) is 0 Å². The smallest absolute Gasteiger partial charge is 0.335 e. The number of carbonyl (C=O) groups excluding carboxylic acids is 1. The SMILES string of the molecule is CCCCCCC(O)[C@@H]1OC(=O)C(C)=C1C(=O)O. The van der Waals surface area contributed by atoms with Gasteiger partial charge in [0, 0.05) is 5.57 Å². The molecule has 18 heavy (non-hydrogen) atoms. The molecule has 0 bridgehead atoms. The third-order valence-electron chi connectivity index (χ3n) is 3.16. The number of aliphatic hydroxyl groups excluding tert-OH is 1. The number of hydrogen-bond acceptors (Lipinski definition) is 4. The molecule has 0 saturated heterocycles. The van der Waals surface area contributed by atoms with Crippen molar-refractivity contribution < 1.29 is 24.5 Å². The molecule has 2 N–H and O–H groups in total. The molecule has 5 heteroatoms. The highest BCUT2D eigenvalue weighted by atomic mass is 16.6. The van der Waals surface area contributed by atoms with Gasteiger partial charge in [0.25, 0.3) is 0 Å². The summed E-state index contributed by atoms with van der Waals surface area (Å²) in [4.78, 5) is 22.4. The van der Waals surface area contributed by atoms with Crippen molar-refractivity contribution in [3.8, 4) is 0 Å². The lowest BCUT2D eigenvalue weighted by Gasteiger charge is -2.18. The van der Waals surface area contributed by atoms with Crippen LogP contribution in [0.1, 0.15) is 46.0 Å². The normalized spacial score (nSPS) is 21.1. The third kappa shape index (κ3) is 3.32. The molecule has 1 aliphatic rings. The topological polar surface area (TPSA) is 83.8 Å². The number of cyclic esters (lactones) is 1. The highest BCUT2D eigenvalue weighted by Crippen LogP contribution is 2.27. The Bertz CT molecular complexity index is 358. The van der Waals surface area contributed by atoms with Crippen LogP contribution in [0.25, 0.3) is 0 Å². The summed E-state index contributed by atoms with van der Waals surface area (Å²) in [7, 11) is 0. The van der Waals surface area contributed by atoms with E-state index >= 15 is 0 Å². The highest BCUT2D eigenvalue weighted by molar-refractivity contribution is 6.03. The number of unbranched alkanes of at least 4 members (excludes halogenated alkanes) is 3. The van der Waals surface area contributed by atoms with E-state index in [1.165, 1.54) is 6.92 Å². The van der Waals surface area contributed by atoms with Crippen molar-refractivity contribution in [3.05, 3.63) is 11.1 Å². The van der Waals surface area contributed by atoms with E-state index in [2.05, 4.69) is 6.92 Å². The van der Waals surface area contributed by atoms with Crippen molar-refractivity contribution >= 4 is 11.9 Å².